The van der Waals surface area contributed by atoms with Gasteiger partial charge in [0.1, 0.15) is 0 Å². The Morgan fingerprint density at radius 1 is 1.10 bits per heavy atom. The van der Waals surface area contributed by atoms with E-state index >= 15 is 0 Å². The van der Waals surface area contributed by atoms with Crippen LogP contribution in [0.15, 0.2) is 42.5 Å². The van der Waals surface area contributed by atoms with Gasteiger partial charge in [0.05, 0.1) is 16.9 Å². The van der Waals surface area contributed by atoms with Crippen LogP contribution in [0.5, 0.6) is 0 Å². The summed E-state index contributed by atoms with van der Waals surface area (Å²) in [5.74, 6) is 0. The first kappa shape index (κ1) is 11.1. The van der Waals surface area contributed by atoms with Crippen molar-refractivity contribution in [1.82, 2.24) is 14.8 Å². The predicted molar refractivity (Wildman–Crippen MR) is 85.5 cm³/mol. The van der Waals surface area contributed by atoms with Crippen molar-refractivity contribution in [3.63, 3.8) is 0 Å². The third-order valence-electron chi connectivity index (χ3n) is 4.52. The fraction of sp³-hybridized carbons (Fsp3) is 0.167. The topological polar surface area (TPSA) is 33.6 Å². The molecule has 4 aromatic rings. The summed E-state index contributed by atoms with van der Waals surface area (Å²) in [7, 11) is 0. The number of hydrogen-bond donors (Lipinski definition) is 1. The number of benzene rings is 2. The highest BCUT2D eigenvalue weighted by Crippen LogP contribution is 2.38. The second-order valence-corrected chi connectivity index (χ2v) is 5.87. The number of para-hydroxylation sites is 1. The highest BCUT2D eigenvalue weighted by molar-refractivity contribution is 5.99. The fourth-order valence-electron chi connectivity index (χ4n) is 3.55. The molecule has 3 heterocycles. The van der Waals surface area contributed by atoms with Crippen LogP contribution in [0, 0.1) is 6.92 Å². The molecule has 0 saturated carbocycles. The van der Waals surface area contributed by atoms with Crippen molar-refractivity contribution in [2.45, 2.75) is 19.9 Å². The lowest BCUT2D eigenvalue weighted by Gasteiger charge is -2.14. The van der Waals surface area contributed by atoms with Crippen LogP contribution in [0.3, 0.4) is 0 Å². The first-order chi connectivity index (χ1) is 10.3. The molecule has 2 aromatic carbocycles. The summed E-state index contributed by atoms with van der Waals surface area (Å²) in [6, 6.07) is 15.1. The second-order valence-electron chi connectivity index (χ2n) is 5.87. The van der Waals surface area contributed by atoms with E-state index in [1.165, 1.54) is 38.8 Å². The van der Waals surface area contributed by atoms with Gasteiger partial charge < -0.3 is 4.98 Å². The van der Waals surface area contributed by atoms with Crippen LogP contribution in [0.25, 0.3) is 33.2 Å². The van der Waals surface area contributed by atoms with Gasteiger partial charge in [-0.2, -0.15) is 5.10 Å². The average molecular weight is 273 g/mol. The molecule has 0 radical (unpaired) electrons. The normalized spacial score (nSPS) is 13.6. The highest BCUT2D eigenvalue weighted by Gasteiger charge is 2.24. The van der Waals surface area contributed by atoms with Crippen LogP contribution in [-0.4, -0.2) is 14.8 Å². The zero-order chi connectivity index (χ0) is 14.0. The third-order valence-corrected chi connectivity index (χ3v) is 4.52. The number of fused-ring (bicyclic) bond motifs is 7. The van der Waals surface area contributed by atoms with Gasteiger partial charge in [-0.3, -0.25) is 4.68 Å². The minimum Gasteiger partial charge on any atom is -0.353 e. The van der Waals surface area contributed by atoms with Crippen LogP contribution >= 0.6 is 0 Å². The van der Waals surface area contributed by atoms with Crippen molar-refractivity contribution in [3.8, 4) is 11.4 Å². The molecule has 0 saturated heterocycles. The Labute approximate surface area is 122 Å². The number of H-pyrrole nitrogens is 1. The van der Waals surface area contributed by atoms with E-state index < -0.39 is 0 Å². The molecule has 0 spiro atoms. The maximum absolute atomic E-state index is 4.76. The van der Waals surface area contributed by atoms with Gasteiger partial charge in [0.2, 0.25) is 0 Å². The molecule has 5 rings (SSSR count). The van der Waals surface area contributed by atoms with E-state index in [0.717, 1.165) is 18.5 Å². The van der Waals surface area contributed by atoms with Gasteiger partial charge in [0, 0.05) is 22.8 Å². The van der Waals surface area contributed by atoms with Crippen LogP contribution in [0.4, 0.5) is 0 Å². The van der Waals surface area contributed by atoms with E-state index in [0.29, 0.717) is 0 Å². The second kappa shape index (κ2) is 3.76. The molecule has 3 heteroatoms. The molecule has 1 aliphatic heterocycles. The van der Waals surface area contributed by atoms with Gasteiger partial charge >= 0.3 is 0 Å². The molecular weight excluding hydrogens is 258 g/mol. The highest BCUT2D eigenvalue weighted by atomic mass is 15.3. The van der Waals surface area contributed by atoms with E-state index in [-0.39, 0.29) is 0 Å². The first-order valence-electron chi connectivity index (χ1n) is 7.38. The zero-order valence-corrected chi connectivity index (χ0v) is 11.9. The Kier molecular flexibility index (Phi) is 1.99. The smallest absolute Gasteiger partial charge is 0.0930 e. The van der Waals surface area contributed by atoms with Crippen molar-refractivity contribution in [2.75, 3.05) is 0 Å². The number of aromatic amines is 1. The fourth-order valence-corrected chi connectivity index (χ4v) is 3.55. The number of rotatable bonds is 0. The predicted octanol–water partition coefficient (Wildman–Crippen LogP) is 4.05. The number of nitrogens with one attached hydrogen (secondary N) is 1. The van der Waals surface area contributed by atoms with Crippen molar-refractivity contribution >= 4 is 21.8 Å². The molecule has 0 atom stereocenters. The number of nitrogens with zero attached hydrogens (tertiary/aromatic N) is 2. The third kappa shape index (κ3) is 1.40. The van der Waals surface area contributed by atoms with Crippen LogP contribution < -0.4 is 0 Å². The zero-order valence-electron chi connectivity index (χ0n) is 11.9. The van der Waals surface area contributed by atoms with Crippen molar-refractivity contribution < 1.29 is 0 Å². The summed E-state index contributed by atoms with van der Waals surface area (Å²) in [5.41, 5.74) is 7.50. The summed E-state index contributed by atoms with van der Waals surface area (Å²) in [6.07, 6.45) is 1.04. The quantitative estimate of drug-likeness (QED) is 0.515. The molecule has 3 nitrogen and oxygen atoms in total. The van der Waals surface area contributed by atoms with Crippen LogP contribution in [0.1, 0.15) is 11.1 Å². The van der Waals surface area contributed by atoms with Gasteiger partial charge in [-0.25, -0.2) is 0 Å². The lowest BCUT2D eigenvalue weighted by atomic mass is 10.0. The molecule has 0 aliphatic carbocycles. The number of aromatic nitrogens is 3. The van der Waals surface area contributed by atoms with E-state index in [4.69, 9.17) is 5.10 Å². The summed E-state index contributed by atoms with van der Waals surface area (Å²) in [6.45, 7) is 3.09. The minimum absolute atomic E-state index is 0.956. The van der Waals surface area contributed by atoms with Crippen molar-refractivity contribution in [3.05, 3.63) is 53.6 Å². The van der Waals surface area contributed by atoms with Crippen LogP contribution in [0.2, 0.25) is 0 Å². The largest absolute Gasteiger partial charge is 0.353 e. The van der Waals surface area contributed by atoms with Crippen LogP contribution in [-0.2, 0) is 13.0 Å². The Hall–Kier alpha value is -2.55. The van der Waals surface area contributed by atoms with Gasteiger partial charge in [-0.15, -0.1) is 0 Å². The monoisotopic (exact) mass is 273 g/mol. The lowest BCUT2D eigenvalue weighted by molar-refractivity contribution is 0.614. The van der Waals surface area contributed by atoms with Crippen molar-refractivity contribution in [2.24, 2.45) is 0 Å². The minimum atomic E-state index is 0.956. The van der Waals surface area contributed by atoms with E-state index in [1.807, 2.05) is 0 Å². The molecule has 21 heavy (non-hydrogen) atoms. The lowest BCUT2D eigenvalue weighted by Crippen LogP contribution is -2.11. The van der Waals surface area contributed by atoms with E-state index in [1.54, 1.807) is 0 Å². The molecule has 1 N–H and O–H groups in total. The van der Waals surface area contributed by atoms with Gasteiger partial charge in [-0.1, -0.05) is 29.8 Å². The first-order valence-corrected chi connectivity index (χ1v) is 7.38. The summed E-state index contributed by atoms with van der Waals surface area (Å²) in [5, 5.41) is 7.36. The van der Waals surface area contributed by atoms with Gasteiger partial charge in [-0.05, 0) is 37.1 Å². The Balaban J connectivity index is 1.93. The molecule has 2 aromatic heterocycles. The molecule has 0 amide bonds. The SMILES string of the molecule is Cc1ccc2nn3c(c2c1)-c1[nH]c2ccccc2c1CC3. The average Bonchev–Trinajstić information content (AvgIpc) is 3.04. The molecule has 1 aliphatic rings. The van der Waals surface area contributed by atoms with Gasteiger partial charge in [0.25, 0.3) is 0 Å². The maximum Gasteiger partial charge on any atom is 0.0930 e. The maximum atomic E-state index is 4.76. The number of hydrogen-bond acceptors (Lipinski definition) is 1. The summed E-state index contributed by atoms with van der Waals surface area (Å²) >= 11 is 0. The summed E-state index contributed by atoms with van der Waals surface area (Å²) < 4.78 is 2.15. The standard InChI is InChI=1S/C18H15N3/c1-11-6-7-16-14(10-11)18-17-13(8-9-21(18)20-16)12-4-2-3-5-15(12)19-17/h2-7,10,19H,8-9H2,1H3. The van der Waals surface area contributed by atoms with E-state index in [2.05, 4.69) is 59.1 Å². The molecule has 0 unspecified atom stereocenters. The van der Waals surface area contributed by atoms with Gasteiger partial charge in [0.15, 0.2) is 0 Å². The van der Waals surface area contributed by atoms with Crippen molar-refractivity contribution in [1.29, 1.82) is 0 Å². The molecule has 0 fully saturated rings. The Bertz CT molecular complexity index is 1000. The molecule has 102 valence electrons. The number of aryl methyl sites for hydroxylation is 3. The molecule has 0 bridgehead atoms. The molecular formula is C18H15N3. The Morgan fingerprint density at radius 3 is 2.95 bits per heavy atom. The van der Waals surface area contributed by atoms with E-state index in [9.17, 15) is 0 Å². The summed E-state index contributed by atoms with van der Waals surface area (Å²) in [4.78, 5) is 3.61. The Morgan fingerprint density at radius 2 is 2.00 bits per heavy atom.